The predicted molar refractivity (Wildman–Crippen MR) is 131 cm³/mol. The van der Waals surface area contributed by atoms with Crippen LogP contribution in [0.15, 0.2) is 52.4 Å². The molecule has 1 unspecified atom stereocenters. The molecule has 0 aromatic heterocycles. The number of ether oxygens (including phenoxy) is 1. The van der Waals surface area contributed by atoms with E-state index in [4.69, 9.17) is 4.74 Å². The molecule has 0 radical (unpaired) electrons. The zero-order chi connectivity index (χ0) is 21.7. The molecule has 1 aliphatic rings. The molecule has 3 rings (SSSR count). The zero-order valence-electron chi connectivity index (χ0n) is 17.9. The number of benzene rings is 2. The molecule has 170 valence electrons. The van der Waals surface area contributed by atoms with Crippen LogP contribution in [0.5, 0.6) is 5.75 Å². The molecule has 2 aromatic carbocycles. The Hall–Kier alpha value is -1.88. The molecule has 6 nitrogen and oxygen atoms in total. The summed E-state index contributed by atoms with van der Waals surface area (Å²) in [5.74, 6) is 1.06. The van der Waals surface area contributed by atoms with Gasteiger partial charge in [-0.25, -0.2) is 12.8 Å². The van der Waals surface area contributed by atoms with Gasteiger partial charge in [-0.05, 0) is 61.1 Å². The van der Waals surface area contributed by atoms with Crippen LogP contribution in [0.25, 0.3) is 0 Å². The van der Waals surface area contributed by atoms with E-state index in [2.05, 4.69) is 15.6 Å². The summed E-state index contributed by atoms with van der Waals surface area (Å²) in [6, 6.07) is 11.5. The minimum atomic E-state index is -3.21. The van der Waals surface area contributed by atoms with Crippen molar-refractivity contribution in [1.29, 1.82) is 0 Å². The van der Waals surface area contributed by atoms with Crippen LogP contribution in [-0.4, -0.2) is 34.3 Å². The zero-order valence-corrected chi connectivity index (χ0v) is 21.0. The van der Waals surface area contributed by atoms with E-state index in [0.29, 0.717) is 25.0 Å². The number of rotatable bonds is 8. The highest BCUT2D eigenvalue weighted by Gasteiger charge is 2.22. The maximum absolute atomic E-state index is 14.3. The second-order valence-corrected chi connectivity index (χ2v) is 9.67. The molecule has 1 atom stereocenters. The van der Waals surface area contributed by atoms with E-state index < -0.39 is 9.84 Å². The Kier molecular flexibility index (Phi) is 9.11. The van der Waals surface area contributed by atoms with Gasteiger partial charge >= 0.3 is 0 Å². The first kappa shape index (κ1) is 25.4. The Labute approximate surface area is 200 Å². The average Bonchev–Trinajstić information content (AvgIpc) is 3.54. The lowest BCUT2D eigenvalue weighted by molar-refractivity contribution is 0.285. The van der Waals surface area contributed by atoms with Gasteiger partial charge in [-0.2, -0.15) is 0 Å². The highest BCUT2D eigenvalue weighted by atomic mass is 127. The summed E-state index contributed by atoms with van der Waals surface area (Å²) in [6.45, 7) is 2.97. The first-order valence-corrected chi connectivity index (χ1v) is 11.8. The van der Waals surface area contributed by atoms with Gasteiger partial charge in [0.15, 0.2) is 27.4 Å². The summed E-state index contributed by atoms with van der Waals surface area (Å²) in [6.07, 6.45) is 3.51. The molecule has 0 bridgehead atoms. The van der Waals surface area contributed by atoms with Crippen molar-refractivity contribution in [2.24, 2.45) is 10.9 Å². The minimum Gasteiger partial charge on any atom is -0.490 e. The highest BCUT2D eigenvalue weighted by molar-refractivity contribution is 14.0. The van der Waals surface area contributed by atoms with Crippen molar-refractivity contribution in [3.63, 3.8) is 0 Å². The van der Waals surface area contributed by atoms with Crippen LogP contribution in [0.1, 0.15) is 36.9 Å². The monoisotopic (exact) mass is 561 g/mol. The number of hydrogen-bond acceptors (Lipinski definition) is 4. The standard InChI is InChI=1S/C22H28FN3O3S.HI/c1-15(18-8-11-21(20(23)12-18)29-14-17-4-5-17)26-22(24-2)25-13-16-6-9-19(10-7-16)30(3,27)28;/h6-12,15,17H,4-5,13-14H2,1-3H3,(H2,24,25,26);1H. The third-order valence-corrected chi connectivity index (χ3v) is 6.14. The van der Waals surface area contributed by atoms with Crippen molar-refractivity contribution in [1.82, 2.24) is 10.6 Å². The molecule has 1 saturated carbocycles. The summed E-state index contributed by atoms with van der Waals surface area (Å²) >= 11 is 0. The molecule has 1 aliphatic carbocycles. The molecule has 31 heavy (non-hydrogen) atoms. The summed E-state index contributed by atoms with van der Waals surface area (Å²) < 4.78 is 43.0. The van der Waals surface area contributed by atoms with E-state index in [0.717, 1.165) is 24.0 Å². The van der Waals surface area contributed by atoms with E-state index in [-0.39, 0.29) is 46.5 Å². The smallest absolute Gasteiger partial charge is 0.191 e. The van der Waals surface area contributed by atoms with Gasteiger partial charge in [0.05, 0.1) is 17.5 Å². The average molecular weight is 561 g/mol. The third-order valence-electron chi connectivity index (χ3n) is 5.02. The maximum Gasteiger partial charge on any atom is 0.191 e. The number of guanidine groups is 1. The molecule has 0 heterocycles. The molecule has 2 N–H and O–H groups in total. The summed E-state index contributed by atoms with van der Waals surface area (Å²) in [4.78, 5) is 4.49. The van der Waals surface area contributed by atoms with E-state index in [9.17, 15) is 12.8 Å². The normalized spacial score (nSPS) is 15.0. The highest BCUT2D eigenvalue weighted by Crippen LogP contribution is 2.30. The Bertz CT molecular complexity index is 1010. The molecule has 0 saturated heterocycles. The van der Waals surface area contributed by atoms with Crippen LogP contribution in [0.2, 0.25) is 0 Å². The van der Waals surface area contributed by atoms with Gasteiger partial charge in [0.25, 0.3) is 0 Å². The van der Waals surface area contributed by atoms with Crippen LogP contribution in [-0.2, 0) is 16.4 Å². The number of sulfone groups is 1. The maximum atomic E-state index is 14.3. The summed E-state index contributed by atoms with van der Waals surface area (Å²) in [5, 5.41) is 6.41. The molecule has 0 amide bonds. The van der Waals surface area contributed by atoms with Gasteiger partial charge in [0.1, 0.15) is 0 Å². The fourth-order valence-corrected chi connectivity index (χ4v) is 3.55. The molecule has 0 aliphatic heterocycles. The number of halogens is 2. The predicted octanol–water partition coefficient (Wildman–Crippen LogP) is 4.06. The van der Waals surface area contributed by atoms with Crippen molar-refractivity contribution in [3.05, 3.63) is 59.4 Å². The number of hydrogen-bond donors (Lipinski definition) is 2. The summed E-state index contributed by atoms with van der Waals surface area (Å²) in [7, 11) is -1.55. The lowest BCUT2D eigenvalue weighted by atomic mass is 10.1. The summed E-state index contributed by atoms with van der Waals surface area (Å²) in [5.41, 5.74) is 1.70. The van der Waals surface area contributed by atoms with Crippen LogP contribution in [0.4, 0.5) is 4.39 Å². The second-order valence-electron chi connectivity index (χ2n) is 7.65. The van der Waals surface area contributed by atoms with E-state index in [1.54, 1.807) is 37.4 Å². The Morgan fingerprint density at radius 1 is 1.23 bits per heavy atom. The molecule has 2 aromatic rings. The first-order valence-electron chi connectivity index (χ1n) is 9.94. The van der Waals surface area contributed by atoms with E-state index >= 15 is 0 Å². The molecule has 1 fully saturated rings. The van der Waals surface area contributed by atoms with Crippen LogP contribution >= 0.6 is 24.0 Å². The van der Waals surface area contributed by atoms with Gasteiger partial charge in [-0.1, -0.05) is 18.2 Å². The van der Waals surface area contributed by atoms with Crippen LogP contribution in [0.3, 0.4) is 0 Å². The Balaban J connectivity index is 0.00000341. The van der Waals surface area contributed by atoms with Crippen molar-refractivity contribution in [3.8, 4) is 5.75 Å². The van der Waals surface area contributed by atoms with Gasteiger partial charge < -0.3 is 15.4 Å². The third kappa shape index (κ3) is 7.64. The number of aliphatic imine (C=N–C) groups is 1. The van der Waals surface area contributed by atoms with E-state index in [1.807, 2.05) is 13.0 Å². The lowest BCUT2D eigenvalue weighted by Gasteiger charge is -2.19. The first-order chi connectivity index (χ1) is 14.3. The number of nitrogens with one attached hydrogen (secondary N) is 2. The SMILES string of the molecule is CN=C(NCc1ccc(S(C)(=O)=O)cc1)NC(C)c1ccc(OCC2CC2)c(F)c1.I. The largest absolute Gasteiger partial charge is 0.490 e. The minimum absolute atomic E-state index is 0. The van der Waals surface area contributed by atoms with Crippen molar-refractivity contribution < 1.29 is 17.5 Å². The van der Waals surface area contributed by atoms with Crippen LogP contribution in [0, 0.1) is 11.7 Å². The molecular weight excluding hydrogens is 532 g/mol. The van der Waals surface area contributed by atoms with Crippen molar-refractivity contribution in [2.75, 3.05) is 19.9 Å². The van der Waals surface area contributed by atoms with Gasteiger partial charge in [-0.3, -0.25) is 4.99 Å². The number of nitrogens with zero attached hydrogens (tertiary/aromatic N) is 1. The quantitative estimate of drug-likeness (QED) is 0.289. The van der Waals surface area contributed by atoms with Gasteiger partial charge in [-0.15, -0.1) is 24.0 Å². The Morgan fingerprint density at radius 3 is 2.45 bits per heavy atom. The lowest BCUT2D eigenvalue weighted by Crippen LogP contribution is -2.38. The van der Waals surface area contributed by atoms with Gasteiger partial charge in [0, 0.05) is 19.8 Å². The molecule has 9 heteroatoms. The van der Waals surface area contributed by atoms with Gasteiger partial charge in [0.2, 0.25) is 0 Å². The Morgan fingerprint density at radius 2 is 1.90 bits per heavy atom. The molecule has 0 spiro atoms. The van der Waals surface area contributed by atoms with E-state index in [1.165, 1.54) is 12.3 Å². The molecular formula is C22H29FIN3O3S. The second kappa shape index (κ2) is 11.1. The fourth-order valence-electron chi connectivity index (χ4n) is 2.92. The fraction of sp³-hybridized carbons (Fsp3) is 0.409. The van der Waals surface area contributed by atoms with Crippen molar-refractivity contribution in [2.45, 2.75) is 37.2 Å². The van der Waals surface area contributed by atoms with Crippen LogP contribution < -0.4 is 15.4 Å². The van der Waals surface area contributed by atoms with Crippen molar-refractivity contribution >= 4 is 39.8 Å². The topological polar surface area (TPSA) is 79.8 Å².